The Labute approximate surface area is 169 Å². The fourth-order valence-corrected chi connectivity index (χ4v) is 2.92. The number of non-ortho nitro benzene ring substituents is 2. The highest BCUT2D eigenvalue weighted by Crippen LogP contribution is 2.25. The molecule has 0 saturated carbocycles. The summed E-state index contributed by atoms with van der Waals surface area (Å²) in [5, 5.41) is 29.0. The van der Waals surface area contributed by atoms with Gasteiger partial charge in [0.15, 0.2) is 0 Å². The number of anilines is 1. The molecular weight excluding hydrogens is 397 g/mol. The molecular formula is C19H16FN5O5. The summed E-state index contributed by atoms with van der Waals surface area (Å²) < 4.78 is 14.7. The number of carbonyl (C=O) groups excluding carboxylic acids is 1. The van der Waals surface area contributed by atoms with Crippen LogP contribution in [0, 0.1) is 39.9 Å². The zero-order chi connectivity index (χ0) is 22.0. The van der Waals surface area contributed by atoms with Crippen LogP contribution in [0.3, 0.4) is 0 Å². The topological polar surface area (TPSA) is 133 Å². The number of aryl methyl sites for hydroxylation is 1. The minimum absolute atomic E-state index is 0.221. The number of halogens is 1. The lowest BCUT2D eigenvalue weighted by atomic mass is 10.1. The second kappa shape index (κ2) is 8.07. The van der Waals surface area contributed by atoms with Crippen molar-refractivity contribution in [1.82, 2.24) is 9.78 Å². The average Bonchev–Trinajstić information content (AvgIpc) is 2.96. The molecule has 0 aliphatic heterocycles. The van der Waals surface area contributed by atoms with Crippen molar-refractivity contribution in [2.24, 2.45) is 0 Å². The molecule has 30 heavy (non-hydrogen) atoms. The third-order valence-corrected chi connectivity index (χ3v) is 4.45. The first-order valence-corrected chi connectivity index (χ1v) is 8.69. The second-order valence-corrected chi connectivity index (χ2v) is 6.54. The molecule has 0 radical (unpaired) electrons. The van der Waals surface area contributed by atoms with E-state index in [9.17, 15) is 29.4 Å². The molecule has 0 spiro atoms. The molecule has 2 aromatic carbocycles. The molecule has 1 N–H and O–H groups in total. The summed E-state index contributed by atoms with van der Waals surface area (Å²) in [5.74, 6) is -1.10. The Morgan fingerprint density at radius 1 is 1.07 bits per heavy atom. The van der Waals surface area contributed by atoms with E-state index >= 15 is 0 Å². The van der Waals surface area contributed by atoms with Gasteiger partial charge >= 0.3 is 0 Å². The van der Waals surface area contributed by atoms with Gasteiger partial charge in [-0.25, -0.2) is 4.39 Å². The van der Waals surface area contributed by atoms with Gasteiger partial charge in [-0.15, -0.1) is 0 Å². The zero-order valence-electron chi connectivity index (χ0n) is 16.0. The van der Waals surface area contributed by atoms with Crippen LogP contribution in [-0.2, 0) is 6.54 Å². The molecule has 3 aromatic rings. The van der Waals surface area contributed by atoms with E-state index in [1.54, 1.807) is 30.7 Å². The Bertz CT molecular complexity index is 1120. The van der Waals surface area contributed by atoms with Crippen LogP contribution in [0.5, 0.6) is 0 Å². The van der Waals surface area contributed by atoms with Gasteiger partial charge in [-0.2, -0.15) is 5.10 Å². The quantitative estimate of drug-likeness (QED) is 0.483. The van der Waals surface area contributed by atoms with Crippen LogP contribution in [0.2, 0.25) is 0 Å². The van der Waals surface area contributed by atoms with Gasteiger partial charge in [0, 0.05) is 12.1 Å². The van der Waals surface area contributed by atoms with Crippen molar-refractivity contribution in [3.63, 3.8) is 0 Å². The average molecular weight is 413 g/mol. The SMILES string of the molecule is Cc1nn(Cc2ccc(F)cc2)c(C)c1NC(=O)c1cc([N+](=O)[O-])cc([N+](=O)[O-])c1. The smallest absolute Gasteiger partial charge is 0.277 e. The van der Waals surface area contributed by atoms with Gasteiger partial charge in [-0.05, 0) is 31.5 Å². The van der Waals surface area contributed by atoms with Crippen molar-refractivity contribution in [3.05, 3.63) is 91.0 Å². The molecule has 10 nitrogen and oxygen atoms in total. The lowest BCUT2D eigenvalue weighted by Crippen LogP contribution is -2.14. The Kier molecular flexibility index (Phi) is 5.54. The monoisotopic (exact) mass is 413 g/mol. The second-order valence-electron chi connectivity index (χ2n) is 6.54. The van der Waals surface area contributed by atoms with Crippen LogP contribution in [-0.4, -0.2) is 25.5 Å². The predicted molar refractivity (Wildman–Crippen MR) is 105 cm³/mol. The summed E-state index contributed by atoms with van der Waals surface area (Å²) in [7, 11) is 0. The third-order valence-electron chi connectivity index (χ3n) is 4.45. The number of aromatic nitrogens is 2. The van der Waals surface area contributed by atoms with E-state index in [-0.39, 0.29) is 11.4 Å². The van der Waals surface area contributed by atoms with Gasteiger partial charge in [0.2, 0.25) is 0 Å². The molecule has 0 unspecified atom stereocenters. The number of hydrogen-bond acceptors (Lipinski definition) is 6. The Morgan fingerprint density at radius 2 is 1.63 bits per heavy atom. The standard InChI is InChI=1S/C19H16FN5O5/c1-11-18(12(2)23(22-11)10-13-3-5-15(20)6-4-13)21-19(26)14-7-16(24(27)28)9-17(8-14)25(29)30/h3-9H,10H2,1-2H3,(H,21,26). The van der Waals surface area contributed by atoms with E-state index in [0.29, 0.717) is 23.6 Å². The number of amides is 1. The van der Waals surface area contributed by atoms with Crippen molar-refractivity contribution in [2.45, 2.75) is 20.4 Å². The van der Waals surface area contributed by atoms with Gasteiger partial charge < -0.3 is 5.32 Å². The number of nitro groups is 2. The molecule has 1 amide bonds. The molecule has 0 saturated heterocycles. The maximum atomic E-state index is 13.1. The van der Waals surface area contributed by atoms with Crippen molar-refractivity contribution in [1.29, 1.82) is 0 Å². The lowest BCUT2D eigenvalue weighted by molar-refractivity contribution is -0.394. The first-order valence-electron chi connectivity index (χ1n) is 8.69. The molecule has 0 fully saturated rings. The number of nitrogens with zero attached hydrogens (tertiary/aromatic N) is 4. The number of nitro benzene ring substituents is 2. The highest BCUT2D eigenvalue weighted by molar-refractivity contribution is 6.05. The first-order chi connectivity index (χ1) is 14.2. The number of hydrogen-bond donors (Lipinski definition) is 1. The Hall–Kier alpha value is -4.15. The molecule has 11 heteroatoms. The maximum Gasteiger partial charge on any atom is 0.277 e. The van der Waals surface area contributed by atoms with Crippen molar-refractivity contribution < 1.29 is 19.0 Å². The van der Waals surface area contributed by atoms with Crippen LogP contribution in [0.1, 0.15) is 27.3 Å². The molecule has 1 aromatic heterocycles. The Balaban J connectivity index is 1.88. The van der Waals surface area contributed by atoms with Crippen LogP contribution in [0.25, 0.3) is 0 Å². The van der Waals surface area contributed by atoms with E-state index < -0.39 is 27.1 Å². The summed E-state index contributed by atoms with van der Waals surface area (Å²) >= 11 is 0. The van der Waals surface area contributed by atoms with E-state index in [0.717, 1.165) is 23.8 Å². The number of carbonyl (C=O) groups is 1. The van der Waals surface area contributed by atoms with Crippen molar-refractivity contribution >= 4 is 23.0 Å². The van der Waals surface area contributed by atoms with Gasteiger partial charge in [-0.1, -0.05) is 12.1 Å². The van der Waals surface area contributed by atoms with Crippen molar-refractivity contribution in [3.8, 4) is 0 Å². The van der Waals surface area contributed by atoms with Crippen molar-refractivity contribution in [2.75, 3.05) is 5.32 Å². The minimum atomic E-state index is -0.805. The normalized spacial score (nSPS) is 10.6. The molecule has 0 aliphatic rings. The molecule has 0 aliphatic carbocycles. The third kappa shape index (κ3) is 4.29. The summed E-state index contributed by atoms with van der Waals surface area (Å²) in [6.07, 6.45) is 0. The van der Waals surface area contributed by atoms with Gasteiger partial charge in [0.05, 0.1) is 45.1 Å². The molecule has 0 atom stereocenters. The van der Waals surface area contributed by atoms with Gasteiger partial charge in [0.25, 0.3) is 17.3 Å². The highest BCUT2D eigenvalue weighted by atomic mass is 19.1. The van der Waals surface area contributed by atoms with Crippen LogP contribution in [0.15, 0.2) is 42.5 Å². The number of benzene rings is 2. The van der Waals surface area contributed by atoms with E-state index in [4.69, 9.17) is 0 Å². The zero-order valence-corrected chi connectivity index (χ0v) is 16.0. The fraction of sp³-hybridized carbons (Fsp3) is 0.158. The lowest BCUT2D eigenvalue weighted by Gasteiger charge is -2.08. The highest BCUT2D eigenvalue weighted by Gasteiger charge is 2.22. The maximum absolute atomic E-state index is 13.1. The van der Waals surface area contributed by atoms with Crippen LogP contribution < -0.4 is 5.32 Å². The minimum Gasteiger partial charge on any atom is -0.319 e. The molecule has 154 valence electrons. The Morgan fingerprint density at radius 3 is 2.17 bits per heavy atom. The largest absolute Gasteiger partial charge is 0.319 e. The number of rotatable bonds is 6. The van der Waals surface area contributed by atoms with Crippen LogP contribution in [0.4, 0.5) is 21.5 Å². The van der Waals surface area contributed by atoms with E-state index in [2.05, 4.69) is 10.4 Å². The number of nitrogens with one attached hydrogen (secondary N) is 1. The molecule has 3 rings (SSSR count). The molecule has 1 heterocycles. The van der Waals surface area contributed by atoms with Crippen LogP contribution >= 0.6 is 0 Å². The summed E-state index contributed by atoms with van der Waals surface area (Å²) in [6, 6.07) is 8.62. The van der Waals surface area contributed by atoms with E-state index in [1.807, 2.05) is 0 Å². The van der Waals surface area contributed by atoms with E-state index in [1.165, 1.54) is 12.1 Å². The molecule has 0 bridgehead atoms. The fourth-order valence-electron chi connectivity index (χ4n) is 2.92. The van der Waals surface area contributed by atoms with Gasteiger partial charge in [-0.3, -0.25) is 29.7 Å². The summed E-state index contributed by atoms with van der Waals surface area (Å²) in [6.45, 7) is 3.72. The summed E-state index contributed by atoms with van der Waals surface area (Å²) in [4.78, 5) is 33.1. The van der Waals surface area contributed by atoms with Gasteiger partial charge in [0.1, 0.15) is 5.82 Å². The predicted octanol–water partition coefficient (Wildman–Crippen LogP) is 3.76. The first kappa shape index (κ1) is 20.6. The summed E-state index contributed by atoms with van der Waals surface area (Å²) in [5.41, 5.74) is 0.934.